The van der Waals surface area contributed by atoms with Gasteiger partial charge in [0.1, 0.15) is 11.9 Å². The second kappa shape index (κ2) is 5.04. The highest BCUT2D eigenvalue weighted by atomic mass is 16.5. The molecule has 0 bridgehead atoms. The minimum Gasteiger partial charge on any atom is -0.490 e. The van der Waals surface area contributed by atoms with Crippen LogP contribution in [0.25, 0.3) is 0 Å². The summed E-state index contributed by atoms with van der Waals surface area (Å²) in [7, 11) is 0. The molecule has 1 aromatic rings. The minimum absolute atomic E-state index is 0.108. The predicted octanol–water partition coefficient (Wildman–Crippen LogP) is 3.45. The average Bonchev–Trinajstić information content (AvgIpc) is 2.83. The maximum atomic E-state index is 6.19. The van der Waals surface area contributed by atoms with Crippen LogP contribution >= 0.6 is 0 Å². The summed E-state index contributed by atoms with van der Waals surface area (Å²) in [6.45, 7) is 2.85. The number of anilines is 1. The first-order chi connectivity index (χ1) is 9.19. The van der Waals surface area contributed by atoms with Gasteiger partial charge in [-0.1, -0.05) is 18.9 Å². The van der Waals surface area contributed by atoms with Crippen molar-refractivity contribution >= 4 is 5.69 Å². The van der Waals surface area contributed by atoms with E-state index in [1.807, 2.05) is 25.1 Å². The molecule has 1 unspecified atom stereocenters. The number of hydrogen-bond acceptors (Lipinski definition) is 3. The molecule has 1 aliphatic carbocycles. The van der Waals surface area contributed by atoms with E-state index in [4.69, 9.17) is 15.2 Å². The predicted molar refractivity (Wildman–Crippen MR) is 76.4 cm³/mol. The highest BCUT2D eigenvalue weighted by molar-refractivity contribution is 5.53. The molecular weight excluding hydrogens is 238 g/mol. The van der Waals surface area contributed by atoms with Crippen molar-refractivity contribution in [2.75, 3.05) is 12.3 Å². The summed E-state index contributed by atoms with van der Waals surface area (Å²) in [6.07, 6.45) is 7.27. The van der Waals surface area contributed by atoms with Crippen LogP contribution in [0, 0.1) is 6.92 Å². The molecule has 1 saturated heterocycles. The van der Waals surface area contributed by atoms with E-state index in [0.29, 0.717) is 0 Å². The van der Waals surface area contributed by atoms with E-state index in [1.54, 1.807) is 0 Å². The van der Waals surface area contributed by atoms with E-state index < -0.39 is 0 Å². The lowest BCUT2D eigenvalue weighted by atomic mass is 9.90. The van der Waals surface area contributed by atoms with Gasteiger partial charge in [0.05, 0.1) is 12.2 Å². The summed E-state index contributed by atoms with van der Waals surface area (Å²) in [5, 5.41) is 0. The first kappa shape index (κ1) is 12.8. The molecular formula is C16H23NO2. The Morgan fingerprint density at radius 2 is 2.11 bits per heavy atom. The zero-order valence-electron chi connectivity index (χ0n) is 11.7. The normalized spacial score (nSPS) is 25.6. The number of nitrogen functional groups attached to an aromatic ring is 1. The molecule has 1 aromatic carbocycles. The molecule has 3 nitrogen and oxygen atoms in total. The molecule has 1 aliphatic heterocycles. The Bertz CT molecular complexity index is 452. The molecule has 104 valence electrons. The van der Waals surface area contributed by atoms with Crippen LogP contribution in [-0.2, 0) is 4.74 Å². The van der Waals surface area contributed by atoms with Crippen LogP contribution in [-0.4, -0.2) is 18.3 Å². The molecule has 19 heavy (non-hydrogen) atoms. The molecule has 0 aromatic heterocycles. The summed E-state index contributed by atoms with van der Waals surface area (Å²) >= 11 is 0. The third-order valence-corrected chi connectivity index (χ3v) is 4.58. The lowest BCUT2D eigenvalue weighted by Crippen LogP contribution is -2.41. The maximum Gasteiger partial charge on any atom is 0.124 e. The van der Waals surface area contributed by atoms with Crippen LogP contribution in [0.15, 0.2) is 18.2 Å². The Labute approximate surface area is 115 Å². The van der Waals surface area contributed by atoms with Gasteiger partial charge < -0.3 is 15.2 Å². The number of hydrogen-bond donors (Lipinski definition) is 1. The van der Waals surface area contributed by atoms with Crippen LogP contribution in [0.4, 0.5) is 5.69 Å². The molecule has 2 N–H and O–H groups in total. The summed E-state index contributed by atoms with van der Waals surface area (Å²) in [4.78, 5) is 0. The van der Waals surface area contributed by atoms with Gasteiger partial charge in [0, 0.05) is 24.1 Å². The van der Waals surface area contributed by atoms with Crippen molar-refractivity contribution in [3.8, 4) is 5.75 Å². The van der Waals surface area contributed by atoms with Gasteiger partial charge in [0.25, 0.3) is 0 Å². The molecule has 2 aliphatic rings. The van der Waals surface area contributed by atoms with Gasteiger partial charge in [-0.2, -0.15) is 0 Å². The van der Waals surface area contributed by atoms with Crippen LogP contribution in [0.5, 0.6) is 5.75 Å². The largest absolute Gasteiger partial charge is 0.490 e. The van der Waals surface area contributed by atoms with E-state index in [1.165, 1.54) is 25.7 Å². The molecule has 0 radical (unpaired) electrons. The molecule has 2 fully saturated rings. The van der Waals surface area contributed by atoms with E-state index in [0.717, 1.165) is 36.4 Å². The quantitative estimate of drug-likeness (QED) is 0.829. The third kappa shape index (κ3) is 2.57. The Morgan fingerprint density at radius 1 is 1.32 bits per heavy atom. The van der Waals surface area contributed by atoms with E-state index >= 15 is 0 Å². The average molecular weight is 261 g/mol. The summed E-state index contributed by atoms with van der Waals surface area (Å²) in [5.41, 5.74) is 7.90. The SMILES string of the molecule is Cc1c(N)cccc1OC1CCOC2(CCCC2)C1. The monoisotopic (exact) mass is 261 g/mol. The molecule has 3 heteroatoms. The number of nitrogens with two attached hydrogens (primary N) is 1. The van der Waals surface area contributed by atoms with Gasteiger partial charge in [-0.3, -0.25) is 0 Å². The fourth-order valence-electron chi connectivity index (χ4n) is 3.39. The van der Waals surface area contributed by atoms with Crippen molar-refractivity contribution in [3.63, 3.8) is 0 Å². The van der Waals surface area contributed by atoms with Crippen molar-refractivity contribution in [2.45, 2.75) is 57.2 Å². The Kier molecular flexibility index (Phi) is 3.40. The Morgan fingerprint density at radius 3 is 2.89 bits per heavy atom. The van der Waals surface area contributed by atoms with Gasteiger partial charge in [-0.25, -0.2) is 0 Å². The fourth-order valence-corrected chi connectivity index (χ4v) is 3.39. The fraction of sp³-hybridized carbons (Fsp3) is 0.625. The summed E-state index contributed by atoms with van der Waals surface area (Å²) in [6, 6.07) is 5.90. The Balaban J connectivity index is 1.71. The smallest absolute Gasteiger partial charge is 0.124 e. The van der Waals surface area contributed by atoms with Crippen molar-refractivity contribution < 1.29 is 9.47 Å². The van der Waals surface area contributed by atoms with Gasteiger partial charge >= 0.3 is 0 Å². The number of benzene rings is 1. The van der Waals surface area contributed by atoms with E-state index in [9.17, 15) is 0 Å². The first-order valence-corrected chi connectivity index (χ1v) is 7.34. The van der Waals surface area contributed by atoms with Crippen molar-refractivity contribution in [2.24, 2.45) is 0 Å². The first-order valence-electron chi connectivity index (χ1n) is 7.34. The highest BCUT2D eigenvalue weighted by Crippen LogP contribution is 2.41. The van der Waals surface area contributed by atoms with Crippen molar-refractivity contribution in [1.29, 1.82) is 0 Å². The van der Waals surface area contributed by atoms with Crippen LogP contribution in [0.2, 0.25) is 0 Å². The summed E-state index contributed by atoms with van der Waals surface area (Å²) < 4.78 is 12.2. The minimum atomic E-state index is 0.108. The van der Waals surface area contributed by atoms with Crippen LogP contribution in [0.3, 0.4) is 0 Å². The lowest BCUT2D eigenvalue weighted by Gasteiger charge is -2.38. The van der Waals surface area contributed by atoms with Gasteiger partial charge in [0.2, 0.25) is 0 Å². The Hall–Kier alpha value is -1.22. The zero-order valence-corrected chi connectivity index (χ0v) is 11.7. The molecule has 1 atom stereocenters. The standard InChI is InChI=1S/C16H23NO2/c1-12-14(17)5-4-6-15(12)19-13-7-10-18-16(11-13)8-2-3-9-16/h4-6,13H,2-3,7-11,17H2,1H3. The zero-order chi connectivity index (χ0) is 13.3. The highest BCUT2D eigenvalue weighted by Gasteiger charge is 2.40. The second-order valence-corrected chi connectivity index (χ2v) is 5.94. The molecule has 3 rings (SSSR count). The summed E-state index contributed by atoms with van der Waals surface area (Å²) in [5.74, 6) is 0.931. The second-order valence-electron chi connectivity index (χ2n) is 5.94. The topological polar surface area (TPSA) is 44.5 Å². The molecule has 1 spiro atoms. The molecule has 0 amide bonds. The van der Waals surface area contributed by atoms with Gasteiger partial charge in [0.15, 0.2) is 0 Å². The third-order valence-electron chi connectivity index (χ3n) is 4.58. The number of rotatable bonds is 2. The molecule has 1 saturated carbocycles. The van der Waals surface area contributed by atoms with Gasteiger partial charge in [-0.05, 0) is 31.9 Å². The van der Waals surface area contributed by atoms with Gasteiger partial charge in [-0.15, -0.1) is 0 Å². The number of ether oxygens (including phenoxy) is 2. The maximum absolute atomic E-state index is 6.19. The van der Waals surface area contributed by atoms with E-state index in [-0.39, 0.29) is 11.7 Å². The lowest BCUT2D eigenvalue weighted by molar-refractivity contribution is -0.108. The van der Waals surface area contributed by atoms with E-state index in [2.05, 4.69) is 0 Å². The van der Waals surface area contributed by atoms with Crippen molar-refractivity contribution in [1.82, 2.24) is 0 Å². The molecule has 1 heterocycles. The van der Waals surface area contributed by atoms with Crippen LogP contribution in [0.1, 0.15) is 44.1 Å². The van der Waals surface area contributed by atoms with Crippen LogP contribution < -0.4 is 10.5 Å². The van der Waals surface area contributed by atoms with Crippen molar-refractivity contribution in [3.05, 3.63) is 23.8 Å².